The second-order valence-electron chi connectivity index (χ2n) is 5.60. The number of benzene rings is 2. The number of hydrogen-bond acceptors (Lipinski definition) is 2. The quantitative estimate of drug-likeness (QED) is 0.479. The van der Waals surface area contributed by atoms with Crippen molar-refractivity contribution in [2.45, 2.75) is 19.3 Å². The van der Waals surface area contributed by atoms with Gasteiger partial charge in [-0.05, 0) is 36.8 Å². The predicted octanol–water partition coefficient (Wildman–Crippen LogP) is 6.43. The van der Waals surface area contributed by atoms with Crippen LogP contribution in [0.3, 0.4) is 0 Å². The first kappa shape index (κ1) is 18.6. The highest BCUT2D eigenvalue weighted by molar-refractivity contribution is 6.35. The van der Waals surface area contributed by atoms with E-state index in [4.69, 9.17) is 51.1 Å². The number of rotatable bonds is 5. The minimum atomic E-state index is -0.888. The van der Waals surface area contributed by atoms with Crippen LogP contribution >= 0.6 is 46.4 Å². The zero-order chi connectivity index (χ0) is 18.0. The van der Waals surface area contributed by atoms with E-state index in [2.05, 4.69) is 4.98 Å². The molecule has 0 aliphatic carbocycles. The summed E-state index contributed by atoms with van der Waals surface area (Å²) in [6, 6.07) is 10.6. The molecule has 25 heavy (non-hydrogen) atoms. The van der Waals surface area contributed by atoms with E-state index >= 15 is 0 Å². The van der Waals surface area contributed by atoms with E-state index in [-0.39, 0.29) is 6.61 Å². The molecule has 0 aliphatic rings. The van der Waals surface area contributed by atoms with E-state index in [0.717, 1.165) is 11.1 Å². The highest BCUT2D eigenvalue weighted by Crippen LogP contribution is 2.36. The lowest BCUT2D eigenvalue weighted by Gasteiger charge is -2.33. The molecule has 1 heterocycles. The van der Waals surface area contributed by atoms with Gasteiger partial charge in [0.15, 0.2) is 5.72 Å². The van der Waals surface area contributed by atoms with Crippen LogP contribution in [0.1, 0.15) is 18.1 Å². The maximum absolute atomic E-state index is 6.42. The molecule has 130 valence electrons. The average Bonchev–Trinajstić information content (AvgIpc) is 3.09. The molecule has 7 heteroatoms. The Kier molecular flexibility index (Phi) is 5.62. The van der Waals surface area contributed by atoms with Gasteiger partial charge in [0.1, 0.15) is 0 Å². The topological polar surface area (TPSA) is 27.1 Å². The van der Waals surface area contributed by atoms with Crippen LogP contribution in [-0.4, -0.2) is 9.55 Å². The van der Waals surface area contributed by atoms with E-state index in [9.17, 15) is 0 Å². The number of aromatic nitrogens is 2. The Morgan fingerprint density at radius 3 is 2.28 bits per heavy atom. The Bertz CT molecular complexity index is 883. The van der Waals surface area contributed by atoms with Crippen LogP contribution in [0.5, 0.6) is 0 Å². The largest absolute Gasteiger partial charge is 0.346 e. The van der Waals surface area contributed by atoms with Crippen molar-refractivity contribution in [2.75, 3.05) is 0 Å². The molecule has 3 aromatic rings. The maximum Gasteiger partial charge on any atom is 0.170 e. The van der Waals surface area contributed by atoms with Crippen molar-refractivity contribution < 1.29 is 4.74 Å². The van der Waals surface area contributed by atoms with Gasteiger partial charge < -0.3 is 9.30 Å². The summed E-state index contributed by atoms with van der Waals surface area (Å²) >= 11 is 24.7. The number of hydrogen-bond donors (Lipinski definition) is 0. The van der Waals surface area contributed by atoms with E-state index in [1.807, 2.05) is 29.8 Å². The molecule has 1 aromatic heterocycles. The summed E-state index contributed by atoms with van der Waals surface area (Å²) in [5.74, 6) is 0. The zero-order valence-corrected chi connectivity index (χ0v) is 16.2. The average molecular weight is 416 g/mol. The lowest BCUT2D eigenvalue weighted by molar-refractivity contribution is -0.0706. The fourth-order valence-electron chi connectivity index (χ4n) is 2.53. The highest BCUT2D eigenvalue weighted by atomic mass is 35.5. The molecule has 0 amide bonds. The van der Waals surface area contributed by atoms with Gasteiger partial charge in [-0.15, -0.1) is 0 Å². The first-order valence-electron chi connectivity index (χ1n) is 7.42. The molecule has 1 unspecified atom stereocenters. The third kappa shape index (κ3) is 3.97. The van der Waals surface area contributed by atoms with Gasteiger partial charge in [-0.3, -0.25) is 0 Å². The summed E-state index contributed by atoms with van der Waals surface area (Å²) in [4.78, 5) is 4.12. The fourth-order valence-corrected chi connectivity index (χ4v) is 3.57. The minimum absolute atomic E-state index is 0.267. The normalized spacial score (nSPS) is 13.6. The first-order chi connectivity index (χ1) is 11.9. The van der Waals surface area contributed by atoms with Crippen LogP contribution in [0.25, 0.3) is 0 Å². The monoisotopic (exact) mass is 414 g/mol. The molecule has 0 bridgehead atoms. The Balaban J connectivity index is 1.98. The number of imidazole rings is 1. The first-order valence-corrected chi connectivity index (χ1v) is 8.93. The molecule has 0 N–H and O–H groups in total. The molecular formula is C18H14Cl4N2O. The minimum Gasteiger partial charge on any atom is -0.346 e. The summed E-state index contributed by atoms with van der Waals surface area (Å²) in [6.07, 6.45) is 5.17. The highest BCUT2D eigenvalue weighted by Gasteiger charge is 2.32. The van der Waals surface area contributed by atoms with Gasteiger partial charge in [-0.1, -0.05) is 58.5 Å². The number of halogens is 4. The van der Waals surface area contributed by atoms with Crippen molar-refractivity contribution in [2.24, 2.45) is 0 Å². The third-order valence-corrected chi connectivity index (χ3v) is 5.09. The lowest BCUT2D eigenvalue weighted by atomic mass is 10.0. The van der Waals surface area contributed by atoms with E-state index in [1.54, 1.807) is 36.8 Å². The van der Waals surface area contributed by atoms with Gasteiger partial charge >= 0.3 is 0 Å². The molecule has 3 nitrogen and oxygen atoms in total. The van der Waals surface area contributed by atoms with E-state index in [0.29, 0.717) is 20.1 Å². The molecule has 3 rings (SSSR count). The van der Waals surface area contributed by atoms with Crippen LogP contribution in [0.4, 0.5) is 0 Å². The third-order valence-electron chi connectivity index (χ3n) is 3.95. The van der Waals surface area contributed by atoms with Crippen LogP contribution in [0, 0.1) is 0 Å². The Morgan fingerprint density at radius 1 is 1.00 bits per heavy atom. The standard InChI is InChI=1S/C18H14Cl4N2O/c1-18(24-7-6-23-11-24,15-5-4-14(20)9-17(15)22)25-10-12-2-3-13(19)8-16(12)21/h2-9,11H,10H2,1H3. The molecule has 2 aromatic carbocycles. The summed E-state index contributed by atoms with van der Waals surface area (Å²) in [6.45, 7) is 2.18. The fraction of sp³-hybridized carbons (Fsp3) is 0.167. The van der Waals surface area contributed by atoms with Crippen LogP contribution < -0.4 is 0 Å². The van der Waals surface area contributed by atoms with Crippen molar-refractivity contribution in [1.82, 2.24) is 9.55 Å². The smallest absolute Gasteiger partial charge is 0.170 e. The summed E-state index contributed by atoms with van der Waals surface area (Å²) in [5, 5.41) is 2.18. The van der Waals surface area contributed by atoms with Gasteiger partial charge in [0.2, 0.25) is 0 Å². The molecule has 0 radical (unpaired) electrons. The number of nitrogens with zero attached hydrogens (tertiary/aromatic N) is 2. The van der Waals surface area contributed by atoms with Crippen molar-refractivity contribution in [3.8, 4) is 0 Å². The van der Waals surface area contributed by atoms with Crippen molar-refractivity contribution in [3.63, 3.8) is 0 Å². The van der Waals surface area contributed by atoms with Crippen molar-refractivity contribution in [1.29, 1.82) is 0 Å². The Labute approximate surface area is 166 Å². The Morgan fingerprint density at radius 2 is 1.68 bits per heavy atom. The molecule has 0 aliphatic heterocycles. The van der Waals surface area contributed by atoms with Gasteiger partial charge in [-0.25, -0.2) is 4.98 Å². The van der Waals surface area contributed by atoms with Crippen LogP contribution in [-0.2, 0) is 17.1 Å². The SMILES string of the molecule is CC(OCc1ccc(Cl)cc1Cl)(c1ccc(Cl)cc1Cl)n1ccnc1. The molecular weight excluding hydrogens is 402 g/mol. The van der Waals surface area contributed by atoms with Crippen molar-refractivity contribution in [3.05, 3.63) is 86.3 Å². The van der Waals surface area contributed by atoms with Crippen LogP contribution in [0.15, 0.2) is 55.1 Å². The Hall–Kier alpha value is -1.23. The van der Waals surface area contributed by atoms with E-state index in [1.165, 1.54) is 0 Å². The van der Waals surface area contributed by atoms with Gasteiger partial charge in [0.25, 0.3) is 0 Å². The number of ether oxygens (including phenoxy) is 1. The maximum atomic E-state index is 6.42. The molecule has 0 spiro atoms. The summed E-state index contributed by atoms with van der Waals surface area (Å²) in [5.41, 5.74) is 0.699. The zero-order valence-electron chi connectivity index (χ0n) is 13.2. The predicted molar refractivity (Wildman–Crippen MR) is 103 cm³/mol. The van der Waals surface area contributed by atoms with Gasteiger partial charge in [0.05, 0.1) is 18.0 Å². The van der Waals surface area contributed by atoms with Crippen LogP contribution in [0.2, 0.25) is 20.1 Å². The molecule has 0 saturated carbocycles. The second kappa shape index (κ2) is 7.56. The molecule has 0 fully saturated rings. The van der Waals surface area contributed by atoms with E-state index < -0.39 is 5.72 Å². The molecule has 0 saturated heterocycles. The van der Waals surface area contributed by atoms with Gasteiger partial charge in [-0.2, -0.15) is 0 Å². The van der Waals surface area contributed by atoms with Crippen molar-refractivity contribution >= 4 is 46.4 Å². The summed E-state index contributed by atoms with van der Waals surface area (Å²) in [7, 11) is 0. The summed E-state index contributed by atoms with van der Waals surface area (Å²) < 4.78 is 8.09. The second-order valence-corrected chi connectivity index (χ2v) is 7.29. The van der Waals surface area contributed by atoms with Gasteiger partial charge in [0, 0.05) is 33.0 Å². The molecule has 1 atom stereocenters. The lowest BCUT2D eigenvalue weighted by Crippen LogP contribution is -2.34.